The number of aliphatic hydroxyl groups is 1. The van der Waals surface area contributed by atoms with Crippen molar-refractivity contribution < 1.29 is 48.0 Å². The first-order valence-electron chi connectivity index (χ1n) is 8.87. The first kappa shape index (κ1) is 24.3. The molecule has 1 rings (SSSR count). The summed E-state index contributed by atoms with van der Waals surface area (Å²) in [5.74, 6) is -11.7. The highest BCUT2D eigenvalue weighted by molar-refractivity contribution is 6.11. The van der Waals surface area contributed by atoms with E-state index in [0.717, 1.165) is 28.4 Å². The van der Waals surface area contributed by atoms with Crippen molar-refractivity contribution in [2.75, 3.05) is 28.4 Å². The van der Waals surface area contributed by atoms with Crippen molar-refractivity contribution in [2.45, 2.75) is 25.4 Å². The van der Waals surface area contributed by atoms with Gasteiger partial charge < -0.3 is 24.1 Å². The Morgan fingerprint density at radius 3 is 1.97 bits per heavy atom. The fourth-order valence-corrected chi connectivity index (χ4v) is 3.68. The molecule has 0 aromatic carbocycles. The second-order valence-corrected chi connectivity index (χ2v) is 6.52. The largest absolute Gasteiger partial charge is 0.469 e. The predicted molar refractivity (Wildman–Crippen MR) is 96.0 cm³/mol. The van der Waals surface area contributed by atoms with Crippen molar-refractivity contribution in [3.05, 3.63) is 12.2 Å². The minimum atomic E-state index is -2.54. The number of ketones is 1. The SMILES string of the molecule is CC/C=C/[C@@H]1[C@@H](C(=O)OC)C(=O)[C@@H](C(=O)OC)[C@](O)(CC(=O)OC)[C@H]1C(=O)OC. The van der Waals surface area contributed by atoms with Crippen LogP contribution in [0.4, 0.5) is 0 Å². The van der Waals surface area contributed by atoms with E-state index in [9.17, 15) is 29.1 Å². The molecule has 5 atom stereocenters. The monoisotopic (exact) mass is 414 g/mol. The summed E-state index contributed by atoms with van der Waals surface area (Å²) in [7, 11) is 4.10. The lowest BCUT2D eigenvalue weighted by atomic mass is 9.57. The van der Waals surface area contributed by atoms with Crippen molar-refractivity contribution in [1.29, 1.82) is 0 Å². The predicted octanol–water partition coefficient (Wildman–Crippen LogP) is -0.187. The fourth-order valence-electron chi connectivity index (χ4n) is 3.68. The van der Waals surface area contributed by atoms with E-state index >= 15 is 0 Å². The van der Waals surface area contributed by atoms with E-state index in [1.807, 2.05) is 0 Å². The Kier molecular flexibility index (Phi) is 8.50. The lowest BCUT2D eigenvalue weighted by molar-refractivity contribution is -0.194. The Morgan fingerprint density at radius 2 is 1.52 bits per heavy atom. The van der Waals surface area contributed by atoms with E-state index < -0.39 is 65.4 Å². The van der Waals surface area contributed by atoms with Gasteiger partial charge in [-0.05, 0) is 6.42 Å². The second kappa shape index (κ2) is 10.1. The molecule has 0 aliphatic heterocycles. The van der Waals surface area contributed by atoms with Gasteiger partial charge in [-0.15, -0.1) is 0 Å². The van der Waals surface area contributed by atoms with Gasteiger partial charge in [0.2, 0.25) is 0 Å². The van der Waals surface area contributed by atoms with Gasteiger partial charge in [-0.1, -0.05) is 19.1 Å². The molecule has 1 aliphatic carbocycles. The van der Waals surface area contributed by atoms with Crippen LogP contribution in [0.5, 0.6) is 0 Å². The van der Waals surface area contributed by atoms with Crippen molar-refractivity contribution in [2.24, 2.45) is 23.7 Å². The van der Waals surface area contributed by atoms with Gasteiger partial charge in [-0.3, -0.25) is 24.0 Å². The summed E-state index contributed by atoms with van der Waals surface area (Å²) in [5, 5.41) is 11.4. The van der Waals surface area contributed by atoms with Gasteiger partial charge in [0.15, 0.2) is 5.78 Å². The topological polar surface area (TPSA) is 142 Å². The zero-order valence-corrected chi connectivity index (χ0v) is 17.0. The molecule has 0 bridgehead atoms. The standard InChI is InChI=1S/C19H26O10/c1-6-7-8-10-12(16(22)27-3)15(21)14(18(24)29-5)19(25,9-11(20)26-2)13(10)17(23)28-4/h7-8,10,12-14,25H,6,9H2,1-5H3/b8-7+/t10-,12-,13-,14+,19+/m1/s1. The van der Waals surface area contributed by atoms with Gasteiger partial charge in [0.25, 0.3) is 0 Å². The third-order valence-electron chi connectivity index (χ3n) is 5.00. The van der Waals surface area contributed by atoms with E-state index in [2.05, 4.69) is 9.47 Å². The van der Waals surface area contributed by atoms with Crippen molar-refractivity contribution >= 4 is 29.7 Å². The maximum atomic E-state index is 13.1. The molecular formula is C19H26O10. The molecule has 0 unspecified atom stereocenters. The third kappa shape index (κ3) is 4.64. The average molecular weight is 414 g/mol. The molecule has 0 saturated heterocycles. The minimum absolute atomic E-state index is 0.488. The molecule has 0 heterocycles. The van der Waals surface area contributed by atoms with Crippen molar-refractivity contribution in [3.8, 4) is 0 Å². The van der Waals surface area contributed by atoms with Crippen LogP contribution in [-0.2, 0) is 42.9 Å². The normalized spacial score (nSPS) is 29.2. The highest BCUT2D eigenvalue weighted by Crippen LogP contribution is 2.47. The molecule has 10 nitrogen and oxygen atoms in total. The lowest BCUT2D eigenvalue weighted by Crippen LogP contribution is -2.65. The van der Waals surface area contributed by atoms with E-state index in [0.29, 0.717) is 6.42 Å². The lowest BCUT2D eigenvalue weighted by Gasteiger charge is -2.47. The van der Waals surface area contributed by atoms with Gasteiger partial charge in [0, 0.05) is 5.92 Å². The van der Waals surface area contributed by atoms with Gasteiger partial charge >= 0.3 is 23.9 Å². The van der Waals surface area contributed by atoms with E-state index in [4.69, 9.17) is 9.47 Å². The number of allylic oxidation sites excluding steroid dienone is 2. The Bertz CT molecular complexity index is 697. The molecule has 1 aliphatic rings. The molecule has 1 N–H and O–H groups in total. The minimum Gasteiger partial charge on any atom is -0.469 e. The maximum Gasteiger partial charge on any atom is 0.319 e. The molecule has 1 fully saturated rings. The number of hydrogen-bond donors (Lipinski definition) is 1. The van der Waals surface area contributed by atoms with E-state index in [1.165, 1.54) is 6.08 Å². The first-order chi connectivity index (χ1) is 13.6. The van der Waals surface area contributed by atoms with Crippen molar-refractivity contribution in [3.63, 3.8) is 0 Å². The number of methoxy groups -OCH3 is 4. The summed E-state index contributed by atoms with van der Waals surface area (Å²) in [6.45, 7) is 1.78. The number of ether oxygens (including phenoxy) is 4. The van der Waals surface area contributed by atoms with Gasteiger partial charge in [0.1, 0.15) is 17.4 Å². The number of carbonyl (C=O) groups is 5. The molecule has 0 spiro atoms. The number of rotatable bonds is 7. The maximum absolute atomic E-state index is 13.1. The average Bonchev–Trinajstić information content (AvgIpc) is 2.70. The van der Waals surface area contributed by atoms with Crippen LogP contribution in [0.15, 0.2) is 12.2 Å². The summed E-state index contributed by atoms with van der Waals surface area (Å²) in [6.07, 6.45) is 2.60. The molecule has 162 valence electrons. The highest BCUT2D eigenvalue weighted by Gasteiger charge is 2.66. The van der Waals surface area contributed by atoms with Crippen molar-refractivity contribution in [1.82, 2.24) is 0 Å². The number of carbonyl (C=O) groups excluding carboxylic acids is 5. The van der Waals surface area contributed by atoms with E-state index in [1.54, 1.807) is 13.0 Å². The Hall–Kier alpha value is -2.75. The van der Waals surface area contributed by atoms with E-state index in [-0.39, 0.29) is 0 Å². The third-order valence-corrected chi connectivity index (χ3v) is 5.00. The molecule has 29 heavy (non-hydrogen) atoms. The number of hydrogen-bond acceptors (Lipinski definition) is 10. The molecule has 0 radical (unpaired) electrons. The Labute approximate surface area is 168 Å². The smallest absolute Gasteiger partial charge is 0.319 e. The highest BCUT2D eigenvalue weighted by atomic mass is 16.5. The summed E-state index contributed by atoms with van der Waals surface area (Å²) in [5.41, 5.74) is -2.54. The Balaban J connectivity index is 3.82. The molecule has 0 aromatic rings. The Morgan fingerprint density at radius 1 is 0.966 bits per heavy atom. The van der Waals surface area contributed by atoms with Crippen LogP contribution in [-0.4, -0.2) is 68.8 Å². The van der Waals surface area contributed by atoms with Crippen LogP contribution in [0.3, 0.4) is 0 Å². The molecule has 10 heteroatoms. The quantitative estimate of drug-likeness (QED) is 0.258. The second-order valence-electron chi connectivity index (χ2n) is 6.52. The van der Waals surface area contributed by atoms with Crippen LogP contribution in [0, 0.1) is 23.7 Å². The van der Waals surface area contributed by atoms with Crippen LogP contribution < -0.4 is 0 Å². The van der Waals surface area contributed by atoms with Crippen LogP contribution in [0.2, 0.25) is 0 Å². The van der Waals surface area contributed by atoms with Gasteiger partial charge in [-0.25, -0.2) is 0 Å². The molecule has 0 aromatic heterocycles. The van der Waals surface area contributed by atoms with Gasteiger partial charge in [-0.2, -0.15) is 0 Å². The number of esters is 4. The summed E-state index contributed by atoms with van der Waals surface area (Å²) in [4.78, 5) is 62.6. The first-order valence-corrected chi connectivity index (χ1v) is 8.87. The summed E-state index contributed by atoms with van der Waals surface area (Å²) < 4.78 is 18.6. The van der Waals surface area contributed by atoms with Crippen LogP contribution >= 0.6 is 0 Å². The molecule has 1 saturated carbocycles. The summed E-state index contributed by atoms with van der Waals surface area (Å²) >= 11 is 0. The van der Waals surface area contributed by atoms with Crippen LogP contribution in [0.25, 0.3) is 0 Å². The fraction of sp³-hybridized carbons (Fsp3) is 0.632. The molecular weight excluding hydrogens is 388 g/mol. The molecule has 0 amide bonds. The zero-order valence-electron chi connectivity index (χ0n) is 17.0. The van der Waals surface area contributed by atoms with Gasteiger partial charge in [0.05, 0.1) is 40.8 Å². The zero-order chi connectivity index (χ0) is 22.4. The van der Waals surface area contributed by atoms with Crippen LogP contribution in [0.1, 0.15) is 19.8 Å². The number of Topliss-reactive ketones (excluding diaryl/α,β-unsaturated/α-hetero) is 1. The summed E-state index contributed by atoms with van der Waals surface area (Å²) in [6, 6.07) is 0.